The van der Waals surface area contributed by atoms with Crippen molar-refractivity contribution in [2.24, 2.45) is 4.99 Å². The first-order valence-electron chi connectivity index (χ1n) is 8.44. The number of benzene rings is 1. The SMILES string of the molecule is CN=C(NCCNS(=O)(=O)c1cccc(Cl)c1)NCCc1nc(C)c(C)s1.I. The number of hydrogen-bond donors (Lipinski definition) is 3. The lowest BCUT2D eigenvalue weighted by molar-refractivity contribution is 0.580. The molecule has 156 valence electrons. The standard InChI is InChI=1S/C17H24ClN5O2S2.HI/c1-12-13(2)26-16(23-12)7-8-20-17(19-3)21-9-10-22-27(24,25)15-6-4-5-14(18)11-15;/h4-6,11,22H,7-10H2,1-3H3,(H2,19,20,21);1H. The van der Waals surface area contributed by atoms with Gasteiger partial charge in [0, 0.05) is 43.0 Å². The van der Waals surface area contributed by atoms with Gasteiger partial charge in [-0.05, 0) is 32.0 Å². The third-order valence-corrected chi connectivity index (χ3v) is 6.57. The van der Waals surface area contributed by atoms with Crippen LogP contribution in [0.5, 0.6) is 0 Å². The fourth-order valence-electron chi connectivity index (χ4n) is 2.24. The zero-order valence-electron chi connectivity index (χ0n) is 16.0. The lowest BCUT2D eigenvalue weighted by atomic mass is 10.4. The van der Waals surface area contributed by atoms with Crippen molar-refractivity contribution in [3.8, 4) is 0 Å². The van der Waals surface area contributed by atoms with Crippen molar-refractivity contribution >= 4 is 62.9 Å². The second-order valence-electron chi connectivity index (χ2n) is 5.78. The smallest absolute Gasteiger partial charge is 0.240 e. The predicted octanol–water partition coefficient (Wildman–Crippen LogP) is 2.72. The summed E-state index contributed by atoms with van der Waals surface area (Å²) in [4.78, 5) is 10.0. The van der Waals surface area contributed by atoms with E-state index in [4.69, 9.17) is 11.6 Å². The summed E-state index contributed by atoms with van der Waals surface area (Å²) < 4.78 is 26.9. The van der Waals surface area contributed by atoms with Gasteiger partial charge >= 0.3 is 0 Å². The minimum atomic E-state index is -3.58. The molecule has 1 aromatic carbocycles. The molecule has 0 aliphatic heterocycles. The number of hydrogen-bond acceptors (Lipinski definition) is 5. The highest BCUT2D eigenvalue weighted by atomic mass is 127. The number of nitrogens with zero attached hydrogens (tertiary/aromatic N) is 2. The molecule has 0 aliphatic carbocycles. The van der Waals surface area contributed by atoms with Gasteiger partial charge in [-0.1, -0.05) is 17.7 Å². The molecule has 0 saturated carbocycles. The van der Waals surface area contributed by atoms with E-state index in [0.717, 1.165) is 17.1 Å². The maximum absolute atomic E-state index is 12.2. The van der Waals surface area contributed by atoms with Gasteiger partial charge in [-0.25, -0.2) is 18.1 Å². The average Bonchev–Trinajstić information content (AvgIpc) is 2.94. The van der Waals surface area contributed by atoms with E-state index in [1.54, 1.807) is 30.5 Å². The summed E-state index contributed by atoms with van der Waals surface area (Å²) in [5, 5.41) is 7.74. The van der Waals surface area contributed by atoms with Crippen LogP contribution in [-0.2, 0) is 16.4 Å². The van der Waals surface area contributed by atoms with Crippen LogP contribution in [0.15, 0.2) is 34.2 Å². The molecule has 2 aromatic rings. The Kier molecular flexibility index (Phi) is 10.7. The number of aliphatic imine (C=N–C) groups is 1. The fourth-order valence-corrected chi connectivity index (χ4v) is 4.50. The molecule has 0 fully saturated rings. The van der Waals surface area contributed by atoms with Crippen LogP contribution < -0.4 is 15.4 Å². The van der Waals surface area contributed by atoms with Crippen LogP contribution in [0, 0.1) is 13.8 Å². The van der Waals surface area contributed by atoms with Crippen LogP contribution in [0.4, 0.5) is 0 Å². The van der Waals surface area contributed by atoms with E-state index in [2.05, 4.69) is 32.3 Å². The van der Waals surface area contributed by atoms with Gasteiger partial charge in [0.25, 0.3) is 0 Å². The van der Waals surface area contributed by atoms with Crippen LogP contribution >= 0.6 is 46.9 Å². The number of aromatic nitrogens is 1. The lowest BCUT2D eigenvalue weighted by Gasteiger charge is -2.12. The Morgan fingerprint density at radius 1 is 1.21 bits per heavy atom. The summed E-state index contributed by atoms with van der Waals surface area (Å²) in [6.07, 6.45) is 0.807. The minimum absolute atomic E-state index is 0. The summed E-state index contributed by atoms with van der Waals surface area (Å²) in [6, 6.07) is 6.16. The molecule has 0 spiro atoms. The first-order valence-corrected chi connectivity index (χ1v) is 11.1. The van der Waals surface area contributed by atoms with Gasteiger partial charge in [0.05, 0.1) is 15.6 Å². The van der Waals surface area contributed by atoms with Crippen LogP contribution in [0.2, 0.25) is 5.02 Å². The van der Waals surface area contributed by atoms with Gasteiger partial charge in [-0.2, -0.15) is 0 Å². The van der Waals surface area contributed by atoms with Crippen molar-refractivity contribution in [1.82, 2.24) is 20.3 Å². The second-order valence-corrected chi connectivity index (χ2v) is 9.27. The molecule has 0 unspecified atom stereocenters. The number of halogens is 2. The number of thiazole rings is 1. The van der Waals surface area contributed by atoms with Gasteiger partial charge in [-0.15, -0.1) is 35.3 Å². The fraction of sp³-hybridized carbons (Fsp3) is 0.412. The van der Waals surface area contributed by atoms with Crippen LogP contribution in [-0.4, -0.2) is 46.0 Å². The van der Waals surface area contributed by atoms with E-state index in [0.29, 0.717) is 24.1 Å². The molecule has 1 heterocycles. The average molecular weight is 558 g/mol. The van der Waals surface area contributed by atoms with Gasteiger partial charge in [0.15, 0.2) is 5.96 Å². The second kappa shape index (κ2) is 11.9. The van der Waals surface area contributed by atoms with E-state index in [1.807, 2.05) is 6.92 Å². The highest BCUT2D eigenvalue weighted by molar-refractivity contribution is 14.0. The molecule has 3 N–H and O–H groups in total. The summed E-state index contributed by atoms with van der Waals surface area (Å²) in [7, 11) is -1.91. The molecule has 0 saturated heterocycles. The van der Waals surface area contributed by atoms with Gasteiger partial charge in [0.1, 0.15) is 0 Å². The maximum Gasteiger partial charge on any atom is 0.240 e. The molecule has 11 heteroatoms. The molecule has 2 rings (SSSR count). The molecule has 0 amide bonds. The van der Waals surface area contributed by atoms with E-state index >= 15 is 0 Å². The molecule has 1 aromatic heterocycles. The monoisotopic (exact) mass is 557 g/mol. The van der Waals surface area contributed by atoms with E-state index in [-0.39, 0.29) is 35.4 Å². The molecule has 7 nitrogen and oxygen atoms in total. The quantitative estimate of drug-likeness (QED) is 0.201. The summed E-state index contributed by atoms with van der Waals surface area (Å²) >= 11 is 7.54. The Balaban J connectivity index is 0.00000392. The first kappa shape index (κ1) is 25.1. The molecular formula is C17H25ClIN5O2S2. The zero-order chi connectivity index (χ0) is 19.9. The highest BCUT2D eigenvalue weighted by Crippen LogP contribution is 2.16. The Morgan fingerprint density at radius 2 is 1.93 bits per heavy atom. The Hall–Kier alpha value is -0.950. The Bertz CT molecular complexity index is 883. The van der Waals surface area contributed by atoms with Crippen molar-refractivity contribution in [3.05, 3.63) is 44.9 Å². The number of rotatable bonds is 8. The van der Waals surface area contributed by atoms with Crippen LogP contribution in [0.25, 0.3) is 0 Å². The number of nitrogens with one attached hydrogen (secondary N) is 3. The third-order valence-electron chi connectivity index (χ3n) is 3.74. The first-order chi connectivity index (χ1) is 12.8. The number of aryl methyl sites for hydroxylation is 2. The normalized spacial score (nSPS) is 11.8. The lowest BCUT2D eigenvalue weighted by Crippen LogP contribution is -2.42. The molecule has 0 aliphatic rings. The van der Waals surface area contributed by atoms with E-state index < -0.39 is 10.0 Å². The van der Waals surface area contributed by atoms with Gasteiger partial charge in [0.2, 0.25) is 10.0 Å². The largest absolute Gasteiger partial charge is 0.356 e. The summed E-state index contributed by atoms with van der Waals surface area (Å²) in [5.74, 6) is 0.613. The highest BCUT2D eigenvalue weighted by Gasteiger charge is 2.13. The molecular weight excluding hydrogens is 533 g/mol. The van der Waals surface area contributed by atoms with Crippen molar-refractivity contribution in [2.75, 3.05) is 26.7 Å². The molecule has 0 radical (unpaired) electrons. The van der Waals surface area contributed by atoms with Crippen LogP contribution in [0.1, 0.15) is 15.6 Å². The zero-order valence-corrected chi connectivity index (χ0v) is 20.7. The summed E-state index contributed by atoms with van der Waals surface area (Å²) in [5.41, 5.74) is 1.07. The van der Waals surface area contributed by atoms with E-state index in [1.165, 1.54) is 17.0 Å². The van der Waals surface area contributed by atoms with Crippen molar-refractivity contribution in [3.63, 3.8) is 0 Å². The Morgan fingerprint density at radius 3 is 2.54 bits per heavy atom. The van der Waals surface area contributed by atoms with E-state index in [9.17, 15) is 8.42 Å². The molecule has 0 atom stereocenters. The predicted molar refractivity (Wildman–Crippen MR) is 127 cm³/mol. The van der Waals surface area contributed by atoms with Crippen molar-refractivity contribution in [1.29, 1.82) is 0 Å². The van der Waals surface area contributed by atoms with Gasteiger partial charge in [-0.3, -0.25) is 4.99 Å². The van der Waals surface area contributed by atoms with Crippen molar-refractivity contribution < 1.29 is 8.42 Å². The molecule has 28 heavy (non-hydrogen) atoms. The minimum Gasteiger partial charge on any atom is -0.356 e. The third kappa shape index (κ3) is 7.82. The molecule has 0 bridgehead atoms. The van der Waals surface area contributed by atoms with Crippen LogP contribution in [0.3, 0.4) is 0 Å². The topological polar surface area (TPSA) is 95.5 Å². The Labute approximate surface area is 192 Å². The maximum atomic E-state index is 12.2. The van der Waals surface area contributed by atoms with Gasteiger partial charge < -0.3 is 10.6 Å². The van der Waals surface area contributed by atoms with Crippen molar-refractivity contribution in [2.45, 2.75) is 25.2 Å². The number of guanidine groups is 1. The summed E-state index contributed by atoms with van der Waals surface area (Å²) in [6.45, 7) is 5.39. The number of sulfonamides is 1.